The fourth-order valence-electron chi connectivity index (χ4n) is 2.64. The summed E-state index contributed by atoms with van der Waals surface area (Å²) in [5, 5.41) is 2.69. The average molecular weight is 418 g/mol. The van der Waals surface area contributed by atoms with Crippen LogP contribution in [0.5, 0.6) is 0 Å². The number of rotatable bonds is 10. The van der Waals surface area contributed by atoms with Crippen LogP contribution >= 0.6 is 0 Å². The smallest absolute Gasteiger partial charge is 0.410 e. The van der Waals surface area contributed by atoms with Crippen LogP contribution < -0.4 is 5.32 Å². The monoisotopic (exact) mass is 417 g/mol. The number of carbonyl (C=O) groups excluding carboxylic acids is 3. The fourth-order valence-corrected chi connectivity index (χ4v) is 2.64. The molecule has 0 spiro atoms. The minimum Gasteiger partial charge on any atom is -0.444 e. The van der Waals surface area contributed by atoms with Gasteiger partial charge in [0.1, 0.15) is 5.60 Å². The van der Waals surface area contributed by atoms with Crippen LogP contribution in [0.2, 0.25) is 0 Å². The minimum absolute atomic E-state index is 0.0829. The standard InChI is InChI=1S/C23H35N3O4/c1-7-20(27)24-19-13-10-18(11-14-19)12-15-21(28)25(5)16-8-9-17-26(6)22(29)30-23(2,3)4/h7,10-11,13-14H,1,8-9,12,15-17H2,2-6H3,(H,24,27). The van der Waals surface area contributed by atoms with Gasteiger partial charge >= 0.3 is 6.09 Å². The molecule has 1 aromatic carbocycles. The predicted molar refractivity (Wildman–Crippen MR) is 119 cm³/mol. The number of amides is 3. The zero-order valence-electron chi connectivity index (χ0n) is 18.9. The lowest BCUT2D eigenvalue weighted by Gasteiger charge is -2.25. The van der Waals surface area contributed by atoms with Crippen molar-refractivity contribution in [2.45, 2.75) is 52.1 Å². The summed E-state index contributed by atoms with van der Waals surface area (Å²) >= 11 is 0. The van der Waals surface area contributed by atoms with E-state index in [1.54, 1.807) is 23.9 Å². The van der Waals surface area contributed by atoms with E-state index in [2.05, 4.69) is 11.9 Å². The quantitative estimate of drug-likeness (QED) is 0.463. The van der Waals surface area contributed by atoms with E-state index < -0.39 is 5.60 Å². The van der Waals surface area contributed by atoms with E-state index in [0.29, 0.717) is 31.6 Å². The number of hydrogen-bond donors (Lipinski definition) is 1. The van der Waals surface area contributed by atoms with Gasteiger partial charge in [-0.2, -0.15) is 0 Å². The number of nitrogens with zero attached hydrogens (tertiary/aromatic N) is 2. The van der Waals surface area contributed by atoms with Gasteiger partial charge in [0.25, 0.3) is 0 Å². The van der Waals surface area contributed by atoms with Crippen molar-refractivity contribution >= 4 is 23.6 Å². The van der Waals surface area contributed by atoms with Crippen LogP contribution in [0, 0.1) is 0 Å². The lowest BCUT2D eigenvalue weighted by Crippen LogP contribution is -2.35. The zero-order valence-corrected chi connectivity index (χ0v) is 18.9. The van der Waals surface area contributed by atoms with Gasteiger partial charge in [0.05, 0.1) is 0 Å². The Morgan fingerprint density at radius 1 is 1.03 bits per heavy atom. The molecule has 30 heavy (non-hydrogen) atoms. The second-order valence-corrected chi connectivity index (χ2v) is 8.31. The van der Waals surface area contributed by atoms with E-state index in [1.165, 1.54) is 6.08 Å². The molecular formula is C23H35N3O4. The van der Waals surface area contributed by atoms with Crippen molar-refractivity contribution in [1.29, 1.82) is 0 Å². The first kappa shape index (κ1) is 25.2. The SMILES string of the molecule is C=CC(=O)Nc1ccc(CCC(=O)N(C)CCCCN(C)C(=O)OC(C)(C)C)cc1. The maximum absolute atomic E-state index is 12.3. The number of hydrogen-bond acceptors (Lipinski definition) is 4. The highest BCUT2D eigenvalue weighted by Crippen LogP contribution is 2.12. The Kier molecular flexibility index (Phi) is 10.1. The summed E-state index contributed by atoms with van der Waals surface area (Å²) < 4.78 is 5.32. The van der Waals surface area contributed by atoms with E-state index in [0.717, 1.165) is 18.4 Å². The zero-order chi connectivity index (χ0) is 22.7. The molecule has 7 heteroatoms. The number of anilines is 1. The largest absolute Gasteiger partial charge is 0.444 e. The van der Waals surface area contributed by atoms with Crippen molar-refractivity contribution in [3.8, 4) is 0 Å². The van der Waals surface area contributed by atoms with Crippen LogP contribution in [0.1, 0.15) is 45.6 Å². The highest BCUT2D eigenvalue weighted by molar-refractivity contribution is 5.98. The highest BCUT2D eigenvalue weighted by Gasteiger charge is 2.19. The second kappa shape index (κ2) is 12.0. The molecule has 0 saturated carbocycles. The fraction of sp³-hybridized carbons (Fsp3) is 0.522. The summed E-state index contributed by atoms with van der Waals surface area (Å²) in [5.41, 5.74) is 1.23. The van der Waals surface area contributed by atoms with Crippen molar-refractivity contribution in [3.63, 3.8) is 0 Å². The normalized spacial score (nSPS) is 10.8. The van der Waals surface area contributed by atoms with Gasteiger partial charge in [-0.15, -0.1) is 0 Å². The van der Waals surface area contributed by atoms with Crippen LogP contribution in [-0.2, 0) is 20.7 Å². The van der Waals surface area contributed by atoms with E-state index in [4.69, 9.17) is 4.74 Å². The Labute approximate surface area is 180 Å². The molecule has 0 radical (unpaired) electrons. The second-order valence-electron chi connectivity index (χ2n) is 8.31. The molecule has 1 rings (SSSR count). The van der Waals surface area contributed by atoms with Gasteiger partial charge in [0, 0.05) is 39.3 Å². The molecule has 0 fully saturated rings. The Morgan fingerprint density at radius 3 is 2.13 bits per heavy atom. The van der Waals surface area contributed by atoms with Crippen molar-refractivity contribution in [2.24, 2.45) is 0 Å². The number of nitrogens with one attached hydrogen (secondary N) is 1. The molecule has 0 aliphatic carbocycles. The van der Waals surface area contributed by atoms with Gasteiger partial charge in [-0.25, -0.2) is 4.79 Å². The van der Waals surface area contributed by atoms with Crippen LogP contribution in [0.4, 0.5) is 10.5 Å². The molecule has 166 valence electrons. The van der Waals surface area contributed by atoms with Gasteiger partial charge in [-0.05, 0) is 63.8 Å². The van der Waals surface area contributed by atoms with Crippen molar-refractivity contribution < 1.29 is 19.1 Å². The molecule has 0 bridgehead atoms. The van der Waals surface area contributed by atoms with Crippen LogP contribution in [-0.4, -0.2) is 60.5 Å². The summed E-state index contributed by atoms with van der Waals surface area (Å²) in [6.45, 7) is 10.2. The molecule has 0 aromatic heterocycles. The van der Waals surface area contributed by atoms with Crippen LogP contribution in [0.3, 0.4) is 0 Å². The number of carbonyl (C=O) groups is 3. The van der Waals surface area contributed by atoms with E-state index in [1.807, 2.05) is 45.0 Å². The number of benzene rings is 1. The summed E-state index contributed by atoms with van der Waals surface area (Å²) in [5.74, 6) is -0.170. The molecule has 1 N–H and O–H groups in total. The average Bonchev–Trinajstić information content (AvgIpc) is 2.68. The number of aryl methyl sites for hydroxylation is 1. The number of unbranched alkanes of at least 4 members (excludes halogenated alkanes) is 1. The molecule has 0 aliphatic rings. The first-order valence-corrected chi connectivity index (χ1v) is 10.2. The molecule has 0 saturated heterocycles. The Balaban J connectivity index is 2.29. The maximum atomic E-state index is 12.3. The summed E-state index contributed by atoms with van der Waals surface area (Å²) in [6.07, 6.45) is 3.56. The van der Waals surface area contributed by atoms with Gasteiger partial charge in [0.2, 0.25) is 11.8 Å². The first-order valence-electron chi connectivity index (χ1n) is 10.2. The van der Waals surface area contributed by atoms with Crippen LogP contribution in [0.15, 0.2) is 36.9 Å². The lowest BCUT2D eigenvalue weighted by atomic mass is 10.1. The third kappa shape index (κ3) is 10.1. The topological polar surface area (TPSA) is 79.0 Å². The molecule has 1 aromatic rings. The van der Waals surface area contributed by atoms with Crippen molar-refractivity contribution in [3.05, 3.63) is 42.5 Å². The van der Waals surface area contributed by atoms with Gasteiger partial charge in [0.15, 0.2) is 0 Å². The minimum atomic E-state index is -0.502. The number of ether oxygens (including phenoxy) is 1. The summed E-state index contributed by atoms with van der Waals surface area (Å²) in [6, 6.07) is 7.43. The highest BCUT2D eigenvalue weighted by atomic mass is 16.6. The molecule has 0 heterocycles. The van der Waals surface area contributed by atoms with Gasteiger partial charge < -0.3 is 19.9 Å². The van der Waals surface area contributed by atoms with Gasteiger partial charge in [-0.1, -0.05) is 18.7 Å². The van der Waals surface area contributed by atoms with E-state index in [-0.39, 0.29) is 17.9 Å². The lowest BCUT2D eigenvalue weighted by molar-refractivity contribution is -0.129. The predicted octanol–water partition coefficient (Wildman–Crippen LogP) is 3.85. The summed E-state index contributed by atoms with van der Waals surface area (Å²) in [7, 11) is 3.52. The maximum Gasteiger partial charge on any atom is 0.410 e. The molecule has 0 unspecified atom stereocenters. The third-order valence-corrected chi connectivity index (χ3v) is 4.40. The molecular weight excluding hydrogens is 382 g/mol. The molecule has 3 amide bonds. The Hall–Kier alpha value is -2.83. The van der Waals surface area contributed by atoms with Crippen molar-refractivity contribution in [2.75, 3.05) is 32.5 Å². The van der Waals surface area contributed by atoms with Gasteiger partial charge in [-0.3, -0.25) is 9.59 Å². The molecule has 0 aliphatic heterocycles. The van der Waals surface area contributed by atoms with E-state index in [9.17, 15) is 14.4 Å². The Bertz CT molecular complexity index is 723. The first-order chi connectivity index (χ1) is 14.0. The molecule has 7 nitrogen and oxygen atoms in total. The molecule has 0 atom stereocenters. The summed E-state index contributed by atoms with van der Waals surface area (Å²) in [4.78, 5) is 38.8. The third-order valence-electron chi connectivity index (χ3n) is 4.40. The van der Waals surface area contributed by atoms with E-state index >= 15 is 0 Å². The Morgan fingerprint density at radius 2 is 1.60 bits per heavy atom. The van der Waals surface area contributed by atoms with Crippen LogP contribution in [0.25, 0.3) is 0 Å². The van der Waals surface area contributed by atoms with Crippen molar-refractivity contribution in [1.82, 2.24) is 9.80 Å².